The second-order valence-electron chi connectivity index (χ2n) is 4.96. The highest BCUT2D eigenvalue weighted by Crippen LogP contribution is 2.26. The molecule has 0 aromatic heterocycles. The summed E-state index contributed by atoms with van der Waals surface area (Å²) >= 11 is 3.21. The van der Waals surface area contributed by atoms with E-state index in [0.29, 0.717) is 22.5 Å². The second-order valence-corrected chi connectivity index (χ2v) is 5.81. The number of benzene rings is 2. The highest BCUT2D eigenvalue weighted by atomic mass is 79.9. The van der Waals surface area contributed by atoms with Crippen molar-refractivity contribution in [2.75, 3.05) is 12.4 Å². The first-order valence-electron chi connectivity index (χ1n) is 7.00. The van der Waals surface area contributed by atoms with Crippen molar-refractivity contribution in [3.63, 3.8) is 0 Å². The van der Waals surface area contributed by atoms with Crippen molar-refractivity contribution in [1.82, 2.24) is 0 Å². The minimum atomic E-state index is -0.733. The molecule has 0 saturated heterocycles. The molecule has 0 heterocycles. The van der Waals surface area contributed by atoms with E-state index < -0.39 is 6.10 Å². The summed E-state index contributed by atoms with van der Waals surface area (Å²) in [7, 11) is 1.61. The fourth-order valence-corrected chi connectivity index (χ4v) is 2.41. The first-order chi connectivity index (χ1) is 11.0. The third kappa shape index (κ3) is 5.04. The number of amides is 1. The molecule has 122 valence electrons. The number of methoxy groups -OCH3 is 1. The summed E-state index contributed by atoms with van der Waals surface area (Å²) in [4.78, 5) is 12.2. The zero-order valence-electron chi connectivity index (χ0n) is 12.8. The van der Waals surface area contributed by atoms with E-state index in [2.05, 4.69) is 21.2 Å². The predicted molar refractivity (Wildman–Crippen MR) is 90.0 cm³/mol. The molecule has 4 nitrogen and oxygen atoms in total. The Hall–Kier alpha value is -1.92. The zero-order chi connectivity index (χ0) is 16.8. The Morgan fingerprint density at radius 2 is 2.09 bits per heavy atom. The van der Waals surface area contributed by atoms with Crippen molar-refractivity contribution in [1.29, 1.82) is 0 Å². The van der Waals surface area contributed by atoms with Gasteiger partial charge >= 0.3 is 0 Å². The van der Waals surface area contributed by atoms with Gasteiger partial charge in [0.2, 0.25) is 0 Å². The highest BCUT2D eigenvalue weighted by molar-refractivity contribution is 9.10. The molecule has 0 aliphatic carbocycles. The minimum absolute atomic E-state index is 0.296. The Kier molecular flexibility index (Phi) is 6.12. The number of halogens is 2. The summed E-state index contributed by atoms with van der Waals surface area (Å²) in [6.45, 7) is 2.10. The molecule has 2 aromatic carbocycles. The molecule has 2 rings (SSSR count). The quantitative estimate of drug-likeness (QED) is 0.817. The first-order valence-corrected chi connectivity index (χ1v) is 7.79. The van der Waals surface area contributed by atoms with Crippen LogP contribution in [0.3, 0.4) is 0 Å². The number of hydrogen-bond acceptors (Lipinski definition) is 3. The van der Waals surface area contributed by atoms with E-state index in [9.17, 15) is 9.18 Å². The van der Waals surface area contributed by atoms with Gasteiger partial charge in [-0.25, -0.2) is 4.39 Å². The van der Waals surface area contributed by atoms with E-state index in [0.717, 1.165) is 5.56 Å². The Morgan fingerprint density at radius 1 is 1.30 bits per heavy atom. The molecule has 0 radical (unpaired) electrons. The van der Waals surface area contributed by atoms with Crippen LogP contribution in [0.1, 0.15) is 12.5 Å². The third-order valence-corrected chi connectivity index (χ3v) is 3.69. The Balaban J connectivity index is 2.01. The Morgan fingerprint density at radius 3 is 2.78 bits per heavy atom. The predicted octanol–water partition coefficient (Wildman–Crippen LogP) is 4.14. The van der Waals surface area contributed by atoms with Gasteiger partial charge in [-0.15, -0.1) is 0 Å². The lowest BCUT2D eigenvalue weighted by Gasteiger charge is -2.16. The summed E-state index contributed by atoms with van der Waals surface area (Å²) in [5.74, 6) is -0.269. The molecular weight excluding hydrogens is 365 g/mol. The zero-order valence-corrected chi connectivity index (χ0v) is 14.4. The number of hydrogen-bond donors (Lipinski definition) is 1. The van der Waals surface area contributed by atoms with E-state index in [1.165, 1.54) is 18.2 Å². The molecule has 0 fully saturated rings. The highest BCUT2D eigenvalue weighted by Gasteiger charge is 2.16. The molecule has 23 heavy (non-hydrogen) atoms. The monoisotopic (exact) mass is 381 g/mol. The van der Waals surface area contributed by atoms with Gasteiger partial charge in [-0.05, 0) is 58.7 Å². The summed E-state index contributed by atoms with van der Waals surface area (Å²) in [5.41, 5.74) is 1.62. The molecule has 0 aliphatic rings. The maximum absolute atomic E-state index is 13.1. The molecule has 6 heteroatoms. The van der Waals surface area contributed by atoms with Crippen molar-refractivity contribution in [3.05, 3.63) is 58.3 Å². The lowest BCUT2D eigenvalue weighted by molar-refractivity contribution is -0.122. The molecule has 0 bridgehead atoms. The normalized spacial score (nSPS) is 11.8. The fraction of sp³-hybridized carbons (Fsp3) is 0.235. The Bertz CT molecular complexity index is 693. The molecule has 2 aromatic rings. The molecule has 1 amide bonds. The van der Waals surface area contributed by atoms with E-state index in [1.807, 2.05) is 18.2 Å². The van der Waals surface area contributed by atoms with Gasteiger partial charge in [-0.2, -0.15) is 0 Å². The van der Waals surface area contributed by atoms with Crippen molar-refractivity contribution >= 4 is 27.5 Å². The second kappa shape index (κ2) is 8.08. The van der Waals surface area contributed by atoms with Gasteiger partial charge in [0.1, 0.15) is 11.6 Å². The van der Waals surface area contributed by atoms with Crippen LogP contribution < -0.4 is 10.1 Å². The van der Waals surface area contributed by atoms with E-state index in [-0.39, 0.29) is 11.7 Å². The van der Waals surface area contributed by atoms with Gasteiger partial charge in [0.15, 0.2) is 6.10 Å². The van der Waals surface area contributed by atoms with Crippen LogP contribution in [-0.2, 0) is 16.1 Å². The van der Waals surface area contributed by atoms with Crippen LogP contribution >= 0.6 is 15.9 Å². The van der Waals surface area contributed by atoms with Crippen molar-refractivity contribution < 1.29 is 18.7 Å². The number of carbonyl (C=O) groups excluding carboxylic acids is 1. The van der Waals surface area contributed by atoms with Crippen LogP contribution in [-0.4, -0.2) is 19.1 Å². The summed E-state index contributed by atoms with van der Waals surface area (Å²) in [6.07, 6.45) is -0.733. The molecule has 0 aliphatic heterocycles. The first kappa shape index (κ1) is 17.4. The molecule has 0 spiro atoms. The molecular formula is C17H17BrFNO3. The Labute approximate surface area is 142 Å². The van der Waals surface area contributed by atoms with Crippen molar-refractivity contribution in [2.45, 2.75) is 19.6 Å². The van der Waals surface area contributed by atoms with Gasteiger partial charge in [-0.1, -0.05) is 12.1 Å². The van der Waals surface area contributed by atoms with Crippen molar-refractivity contribution in [3.8, 4) is 5.75 Å². The maximum Gasteiger partial charge on any atom is 0.265 e. The van der Waals surface area contributed by atoms with Gasteiger partial charge in [0.25, 0.3) is 5.91 Å². The van der Waals surface area contributed by atoms with E-state index >= 15 is 0 Å². The SMILES string of the molecule is COCc1cccc(NC(=O)C(C)Oc2ccc(F)cc2Br)c1. The lowest BCUT2D eigenvalue weighted by Crippen LogP contribution is -2.30. The van der Waals surface area contributed by atoms with Crippen LogP contribution in [0.5, 0.6) is 5.75 Å². The fourth-order valence-electron chi connectivity index (χ4n) is 1.96. The summed E-state index contributed by atoms with van der Waals surface area (Å²) in [6, 6.07) is 11.4. The number of carbonyl (C=O) groups is 1. The van der Waals surface area contributed by atoms with Crippen LogP contribution in [0.15, 0.2) is 46.9 Å². The van der Waals surface area contributed by atoms with Gasteiger partial charge in [0.05, 0.1) is 11.1 Å². The smallest absolute Gasteiger partial charge is 0.265 e. The summed E-state index contributed by atoms with van der Waals surface area (Å²) in [5, 5.41) is 2.78. The average Bonchev–Trinajstić information content (AvgIpc) is 2.50. The van der Waals surface area contributed by atoms with Crippen LogP contribution in [0.4, 0.5) is 10.1 Å². The summed E-state index contributed by atoms with van der Waals surface area (Å²) < 4.78 is 24.1. The molecule has 1 unspecified atom stereocenters. The number of anilines is 1. The third-order valence-electron chi connectivity index (χ3n) is 3.07. The minimum Gasteiger partial charge on any atom is -0.480 e. The molecule has 0 saturated carbocycles. The molecule has 1 atom stereocenters. The number of rotatable bonds is 6. The van der Waals surface area contributed by atoms with E-state index in [4.69, 9.17) is 9.47 Å². The average molecular weight is 382 g/mol. The van der Waals surface area contributed by atoms with Crippen molar-refractivity contribution in [2.24, 2.45) is 0 Å². The molecule has 1 N–H and O–H groups in total. The maximum atomic E-state index is 13.1. The largest absolute Gasteiger partial charge is 0.480 e. The van der Waals surface area contributed by atoms with Crippen LogP contribution in [0.2, 0.25) is 0 Å². The van der Waals surface area contributed by atoms with Crippen LogP contribution in [0.25, 0.3) is 0 Å². The van der Waals surface area contributed by atoms with E-state index in [1.54, 1.807) is 20.1 Å². The van der Waals surface area contributed by atoms with Gasteiger partial charge in [0, 0.05) is 12.8 Å². The van der Waals surface area contributed by atoms with Gasteiger partial charge in [-0.3, -0.25) is 4.79 Å². The van der Waals surface area contributed by atoms with Crippen LogP contribution in [0, 0.1) is 5.82 Å². The lowest BCUT2D eigenvalue weighted by atomic mass is 10.2. The number of nitrogens with one attached hydrogen (secondary N) is 1. The topological polar surface area (TPSA) is 47.6 Å². The van der Waals surface area contributed by atoms with Gasteiger partial charge < -0.3 is 14.8 Å². The standard InChI is InChI=1S/C17H17BrFNO3/c1-11(23-16-7-6-13(19)9-15(16)18)17(21)20-14-5-3-4-12(8-14)10-22-2/h3-9,11H,10H2,1-2H3,(H,20,21). The number of ether oxygens (including phenoxy) is 2.